The molecule has 84 valence electrons. The highest BCUT2D eigenvalue weighted by Gasteiger charge is 2.12. The van der Waals surface area contributed by atoms with Gasteiger partial charge in [0.05, 0.1) is 0 Å². The van der Waals surface area contributed by atoms with Crippen LogP contribution in [0.2, 0.25) is 0 Å². The van der Waals surface area contributed by atoms with Crippen LogP contribution < -0.4 is 11.5 Å². The maximum atomic E-state index is 8.63. The number of nitrogens with two attached hydrogens (primary N) is 2. The molecule has 0 bridgehead atoms. The molecule has 1 heterocycles. The predicted octanol–water partition coefficient (Wildman–Crippen LogP) is 0.928. The minimum atomic E-state index is -0.253. The van der Waals surface area contributed by atoms with E-state index < -0.39 is 0 Å². The number of nitriles is 1. The number of anilines is 2. The Bertz CT molecular complexity index is 602. The molecule has 2 aromatic rings. The Balaban J connectivity index is 2.48. The first-order valence-electron chi connectivity index (χ1n) is 4.81. The van der Waals surface area contributed by atoms with Gasteiger partial charge in [-0.2, -0.15) is 5.26 Å². The van der Waals surface area contributed by atoms with Gasteiger partial charge in [-0.25, -0.2) is 4.98 Å². The van der Waals surface area contributed by atoms with Crippen LogP contribution >= 0.6 is 0 Å². The van der Waals surface area contributed by atoms with Crippen molar-refractivity contribution in [1.82, 2.24) is 9.55 Å². The lowest BCUT2D eigenvalue weighted by Gasteiger charge is -2.05. The highest BCUT2D eigenvalue weighted by molar-refractivity contribution is 6.10. The van der Waals surface area contributed by atoms with Gasteiger partial charge in [0.15, 0.2) is 5.71 Å². The van der Waals surface area contributed by atoms with Crippen LogP contribution in [0.15, 0.2) is 30.6 Å². The Morgan fingerprint density at radius 3 is 2.53 bits per heavy atom. The minimum Gasteiger partial charge on any atom is -0.399 e. The van der Waals surface area contributed by atoms with Crippen molar-refractivity contribution in [3.05, 3.63) is 36.3 Å². The maximum Gasteiger partial charge on any atom is 0.161 e. The fourth-order valence-corrected chi connectivity index (χ4v) is 1.44. The van der Waals surface area contributed by atoms with Gasteiger partial charge < -0.3 is 11.5 Å². The van der Waals surface area contributed by atoms with Gasteiger partial charge in [0.25, 0.3) is 0 Å². The first kappa shape index (κ1) is 10.7. The molecule has 0 aliphatic carbocycles. The fraction of sp³-hybridized carbons (Fsp3) is 0. The summed E-state index contributed by atoms with van der Waals surface area (Å²) >= 11 is 0. The molecule has 0 spiro atoms. The molecule has 2 rings (SSSR count). The van der Waals surface area contributed by atoms with Crippen LogP contribution in [-0.4, -0.2) is 15.3 Å². The van der Waals surface area contributed by atoms with Gasteiger partial charge in [-0.3, -0.25) is 9.98 Å². The van der Waals surface area contributed by atoms with Crippen LogP contribution in [0.4, 0.5) is 11.5 Å². The number of imidazole rings is 1. The van der Waals surface area contributed by atoms with Gasteiger partial charge >= 0.3 is 0 Å². The number of hydrogen-bond acceptors (Lipinski definition) is 5. The summed E-state index contributed by atoms with van der Waals surface area (Å²) in [5.74, 6) is 0.265. The Kier molecular flexibility index (Phi) is 2.51. The zero-order valence-corrected chi connectivity index (χ0v) is 8.88. The van der Waals surface area contributed by atoms with Gasteiger partial charge in [0.1, 0.15) is 23.9 Å². The minimum absolute atomic E-state index is 0.185. The average molecular weight is 226 g/mol. The summed E-state index contributed by atoms with van der Waals surface area (Å²) in [7, 11) is 0. The second kappa shape index (κ2) is 3.98. The number of nitrogens with zero attached hydrogens (tertiary/aromatic N) is 3. The summed E-state index contributed by atoms with van der Waals surface area (Å²) in [6.45, 7) is 0. The van der Waals surface area contributed by atoms with Crippen LogP contribution in [0.5, 0.6) is 0 Å². The number of nitrogen functional groups attached to an aromatic ring is 2. The van der Waals surface area contributed by atoms with Crippen LogP contribution in [0.1, 0.15) is 5.69 Å². The van der Waals surface area contributed by atoms with Gasteiger partial charge in [-0.05, 0) is 24.3 Å². The van der Waals surface area contributed by atoms with E-state index >= 15 is 0 Å². The number of hydrogen-bond donors (Lipinski definition) is 3. The van der Waals surface area contributed by atoms with Crippen molar-refractivity contribution in [2.75, 3.05) is 11.5 Å². The van der Waals surface area contributed by atoms with Crippen LogP contribution in [0.25, 0.3) is 5.69 Å². The lowest BCUT2D eigenvalue weighted by molar-refractivity contribution is 1.07. The van der Waals surface area contributed by atoms with E-state index in [0.717, 1.165) is 5.69 Å². The molecule has 1 aromatic carbocycles. The molecule has 6 heteroatoms. The van der Waals surface area contributed by atoms with Crippen molar-refractivity contribution in [3.63, 3.8) is 0 Å². The van der Waals surface area contributed by atoms with Gasteiger partial charge in [0.2, 0.25) is 0 Å². The van der Waals surface area contributed by atoms with Crippen LogP contribution in [0, 0.1) is 16.7 Å². The van der Waals surface area contributed by atoms with Crippen molar-refractivity contribution < 1.29 is 0 Å². The first-order chi connectivity index (χ1) is 8.13. The lowest BCUT2D eigenvalue weighted by Crippen LogP contribution is -2.04. The molecular weight excluding hydrogens is 216 g/mol. The van der Waals surface area contributed by atoms with Crippen LogP contribution in [-0.2, 0) is 0 Å². The highest BCUT2D eigenvalue weighted by Crippen LogP contribution is 2.18. The molecule has 0 amide bonds. The molecular formula is C11H10N6. The van der Waals surface area contributed by atoms with Crippen molar-refractivity contribution in [2.24, 2.45) is 0 Å². The molecule has 6 nitrogen and oxygen atoms in total. The predicted molar refractivity (Wildman–Crippen MR) is 64.8 cm³/mol. The Morgan fingerprint density at radius 2 is 1.94 bits per heavy atom. The van der Waals surface area contributed by atoms with Crippen LogP contribution in [0.3, 0.4) is 0 Å². The molecule has 0 fully saturated rings. The van der Waals surface area contributed by atoms with E-state index in [-0.39, 0.29) is 17.2 Å². The standard InChI is InChI=1S/C11H10N6/c12-5-9(14)10-11(15)17(6-16-10)8-3-1-7(13)2-4-8/h1-4,6,14H,13,15H2. The van der Waals surface area contributed by atoms with Gasteiger partial charge in [-0.15, -0.1) is 0 Å². The zero-order valence-electron chi connectivity index (χ0n) is 8.88. The quantitative estimate of drug-likeness (QED) is 0.521. The Morgan fingerprint density at radius 1 is 1.29 bits per heavy atom. The third-order valence-electron chi connectivity index (χ3n) is 2.32. The Labute approximate surface area is 97.6 Å². The molecule has 17 heavy (non-hydrogen) atoms. The van der Waals surface area contributed by atoms with E-state index in [4.69, 9.17) is 22.1 Å². The number of aromatic nitrogens is 2. The van der Waals surface area contributed by atoms with Crippen molar-refractivity contribution in [2.45, 2.75) is 0 Å². The summed E-state index contributed by atoms with van der Waals surface area (Å²) in [6, 6.07) is 8.75. The second-order valence-corrected chi connectivity index (χ2v) is 3.43. The summed E-state index contributed by atoms with van der Waals surface area (Å²) in [4.78, 5) is 3.94. The average Bonchev–Trinajstić information content (AvgIpc) is 2.71. The third-order valence-corrected chi connectivity index (χ3v) is 2.32. The van der Waals surface area contributed by atoms with E-state index in [1.54, 1.807) is 34.9 Å². The van der Waals surface area contributed by atoms with E-state index in [1.165, 1.54) is 6.33 Å². The zero-order chi connectivity index (χ0) is 12.4. The molecule has 5 N–H and O–H groups in total. The SMILES string of the molecule is N#CC(=N)c1ncn(-c2ccc(N)cc2)c1N. The second-order valence-electron chi connectivity index (χ2n) is 3.43. The number of benzene rings is 1. The highest BCUT2D eigenvalue weighted by atomic mass is 15.1. The molecule has 0 radical (unpaired) electrons. The first-order valence-corrected chi connectivity index (χ1v) is 4.81. The topological polar surface area (TPSA) is 118 Å². The van der Waals surface area contributed by atoms with E-state index in [1.807, 2.05) is 0 Å². The molecule has 0 unspecified atom stereocenters. The molecule has 0 saturated carbocycles. The number of nitrogens with one attached hydrogen (secondary N) is 1. The molecule has 1 aromatic heterocycles. The Hall–Kier alpha value is -2.81. The van der Waals surface area contributed by atoms with E-state index in [9.17, 15) is 0 Å². The summed E-state index contributed by atoms with van der Waals surface area (Å²) in [5.41, 5.74) is 12.8. The van der Waals surface area contributed by atoms with E-state index in [2.05, 4.69) is 4.98 Å². The molecule has 0 aliphatic heterocycles. The van der Waals surface area contributed by atoms with Gasteiger partial charge in [-0.1, -0.05) is 0 Å². The van der Waals surface area contributed by atoms with Crippen molar-refractivity contribution >= 4 is 17.2 Å². The summed E-state index contributed by atoms with van der Waals surface area (Å²) in [6.07, 6.45) is 1.47. The molecule has 0 atom stereocenters. The summed E-state index contributed by atoms with van der Waals surface area (Å²) in [5, 5.41) is 16.0. The smallest absolute Gasteiger partial charge is 0.161 e. The lowest BCUT2D eigenvalue weighted by atomic mass is 10.2. The summed E-state index contributed by atoms with van der Waals surface area (Å²) < 4.78 is 1.60. The normalized spacial score (nSPS) is 9.82. The molecule has 0 saturated heterocycles. The molecule has 0 aliphatic rings. The third kappa shape index (κ3) is 1.81. The monoisotopic (exact) mass is 226 g/mol. The largest absolute Gasteiger partial charge is 0.399 e. The van der Waals surface area contributed by atoms with E-state index in [0.29, 0.717) is 5.69 Å². The number of rotatable bonds is 2. The van der Waals surface area contributed by atoms with Crippen molar-refractivity contribution in [1.29, 1.82) is 10.7 Å². The van der Waals surface area contributed by atoms with Gasteiger partial charge in [0, 0.05) is 11.4 Å². The fourth-order valence-electron chi connectivity index (χ4n) is 1.44. The van der Waals surface area contributed by atoms with Crippen molar-refractivity contribution in [3.8, 4) is 11.8 Å². The maximum absolute atomic E-state index is 8.63.